The van der Waals surface area contributed by atoms with E-state index >= 15 is 0 Å². The summed E-state index contributed by atoms with van der Waals surface area (Å²) in [5.41, 5.74) is 0. The molecular formula is C6H9Cl. The molecule has 0 saturated heterocycles. The Balaban J connectivity index is 3.25. The van der Waals surface area contributed by atoms with Gasteiger partial charge in [0.25, 0.3) is 0 Å². The zero-order valence-corrected chi connectivity index (χ0v) is 5.15. The van der Waals surface area contributed by atoms with E-state index in [9.17, 15) is 0 Å². The van der Waals surface area contributed by atoms with E-state index in [1.807, 2.05) is 19.1 Å². The summed E-state index contributed by atoms with van der Waals surface area (Å²) in [6, 6.07) is 0. The Morgan fingerprint density at radius 2 is 2.29 bits per heavy atom. The fourth-order valence-corrected chi connectivity index (χ4v) is 0.316. The molecule has 0 nitrogen and oxygen atoms in total. The molecule has 0 saturated carbocycles. The van der Waals surface area contributed by atoms with Gasteiger partial charge in [0.2, 0.25) is 0 Å². The first-order valence-corrected chi connectivity index (χ1v) is 2.64. The molecular weight excluding hydrogens is 108 g/mol. The van der Waals surface area contributed by atoms with E-state index in [0.29, 0.717) is 0 Å². The zero-order chi connectivity index (χ0) is 5.70. The van der Waals surface area contributed by atoms with Crippen LogP contribution in [0.1, 0.15) is 6.92 Å². The Hall–Kier alpha value is -0.230. The lowest BCUT2D eigenvalue weighted by atomic mass is 10.4. The third kappa shape index (κ3) is 5.77. The largest absolute Gasteiger partial charge is 0.119 e. The fourth-order valence-electron chi connectivity index (χ4n) is 0.232. The molecule has 0 radical (unpaired) electrons. The Morgan fingerprint density at radius 1 is 1.71 bits per heavy atom. The Morgan fingerprint density at radius 3 is 2.43 bits per heavy atom. The Labute approximate surface area is 49.5 Å². The predicted octanol–water partition coefficient (Wildman–Crippen LogP) is 2.36. The molecule has 1 atom stereocenters. The molecule has 0 aliphatic heterocycles. The van der Waals surface area contributed by atoms with Gasteiger partial charge in [-0.2, -0.15) is 0 Å². The molecule has 1 unspecified atom stereocenters. The smallest absolute Gasteiger partial charge is 0.0490 e. The van der Waals surface area contributed by atoms with E-state index in [4.69, 9.17) is 11.6 Å². The highest BCUT2D eigenvalue weighted by molar-refractivity contribution is 6.21. The quantitative estimate of drug-likeness (QED) is 0.384. The predicted molar refractivity (Wildman–Crippen MR) is 34.7 cm³/mol. The van der Waals surface area contributed by atoms with Crippen molar-refractivity contribution in [2.75, 3.05) is 0 Å². The highest BCUT2D eigenvalue weighted by atomic mass is 35.5. The van der Waals surface area contributed by atoms with Crippen LogP contribution in [0.15, 0.2) is 24.8 Å². The first kappa shape index (κ1) is 6.77. The topological polar surface area (TPSA) is 0 Å². The van der Waals surface area contributed by atoms with Crippen LogP contribution in [-0.2, 0) is 0 Å². The average molecular weight is 117 g/mol. The first-order valence-electron chi connectivity index (χ1n) is 2.20. The van der Waals surface area contributed by atoms with Gasteiger partial charge < -0.3 is 0 Å². The molecule has 0 aliphatic rings. The van der Waals surface area contributed by atoms with E-state index in [0.717, 1.165) is 0 Å². The van der Waals surface area contributed by atoms with Crippen LogP contribution in [0.4, 0.5) is 0 Å². The second-order valence-corrected chi connectivity index (χ2v) is 1.99. The van der Waals surface area contributed by atoms with Crippen molar-refractivity contribution in [3.05, 3.63) is 24.8 Å². The highest BCUT2D eigenvalue weighted by Crippen LogP contribution is 1.93. The molecule has 1 heteroatoms. The second kappa shape index (κ2) is 3.94. The van der Waals surface area contributed by atoms with Crippen LogP contribution >= 0.6 is 11.6 Å². The lowest BCUT2D eigenvalue weighted by molar-refractivity contribution is 1.23. The molecule has 0 amide bonds. The zero-order valence-electron chi connectivity index (χ0n) is 4.39. The van der Waals surface area contributed by atoms with Crippen molar-refractivity contribution < 1.29 is 0 Å². The third-order valence-corrected chi connectivity index (χ3v) is 0.658. The molecule has 0 bridgehead atoms. The van der Waals surface area contributed by atoms with Crippen molar-refractivity contribution in [3.8, 4) is 0 Å². The Bertz CT molecular complexity index is 72.2. The molecule has 0 aromatic carbocycles. The minimum atomic E-state index is 0.123. The third-order valence-electron chi connectivity index (χ3n) is 0.512. The van der Waals surface area contributed by atoms with Gasteiger partial charge in [-0.3, -0.25) is 0 Å². The van der Waals surface area contributed by atoms with Crippen molar-refractivity contribution in [3.63, 3.8) is 0 Å². The summed E-state index contributed by atoms with van der Waals surface area (Å²) in [5, 5.41) is 0.123. The fraction of sp³-hybridized carbons (Fsp3) is 0.333. The molecule has 0 aliphatic carbocycles. The summed E-state index contributed by atoms with van der Waals surface area (Å²) >= 11 is 5.52. The molecule has 0 heterocycles. The molecule has 0 fully saturated rings. The van der Waals surface area contributed by atoms with Crippen LogP contribution in [0.5, 0.6) is 0 Å². The van der Waals surface area contributed by atoms with Crippen LogP contribution in [0.25, 0.3) is 0 Å². The summed E-state index contributed by atoms with van der Waals surface area (Å²) in [5.74, 6) is 0. The van der Waals surface area contributed by atoms with Gasteiger partial charge in [-0.15, -0.1) is 11.6 Å². The molecule has 0 aromatic rings. The van der Waals surface area contributed by atoms with Gasteiger partial charge in [0.15, 0.2) is 0 Å². The van der Waals surface area contributed by atoms with E-state index in [1.165, 1.54) is 0 Å². The maximum atomic E-state index is 5.52. The van der Waals surface area contributed by atoms with Gasteiger partial charge in [-0.25, -0.2) is 0 Å². The highest BCUT2D eigenvalue weighted by Gasteiger charge is 1.80. The molecule has 0 aromatic heterocycles. The van der Waals surface area contributed by atoms with Gasteiger partial charge in [-0.05, 0) is 6.92 Å². The number of alkyl halides is 1. The van der Waals surface area contributed by atoms with E-state index < -0.39 is 0 Å². The van der Waals surface area contributed by atoms with E-state index in [1.54, 1.807) is 6.08 Å². The van der Waals surface area contributed by atoms with Gasteiger partial charge >= 0.3 is 0 Å². The number of hydrogen-bond acceptors (Lipinski definition) is 0. The second-order valence-electron chi connectivity index (χ2n) is 1.30. The molecule has 0 rings (SSSR count). The number of rotatable bonds is 2. The lowest BCUT2D eigenvalue weighted by Crippen LogP contribution is -1.77. The first-order chi connectivity index (χ1) is 3.27. The van der Waals surface area contributed by atoms with Gasteiger partial charge in [-0.1, -0.05) is 24.8 Å². The monoisotopic (exact) mass is 116 g/mol. The minimum absolute atomic E-state index is 0.123. The summed E-state index contributed by atoms with van der Waals surface area (Å²) in [6.07, 6.45) is 5.41. The summed E-state index contributed by atoms with van der Waals surface area (Å²) < 4.78 is 0. The normalized spacial score (nSPS) is 14.6. The molecule has 0 N–H and O–H groups in total. The maximum absolute atomic E-state index is 5.52. The Kier molecular flexibility index (Phi) is 3.81. The van der Waals surface area contributed by atoms with E-state index in [-0.39, 0.29) is 5.38 Å². The maximum Gasteiger partial charge on any atom is 0.0490 e. The van der Waals surface area contributed by atoms with Crippen molar-refractivity contribution in [2.45, 2.75) is 12.3 Å². The van der Waals surface area contributed by atoms with Crippen LogP contribution in [0, 0.1) is 0 Å². The summed E-state index contributed by atoms with van der Waals surface area (Å²) in [6.45, 7) is 5.39. The van der Waals surface area contributed by atoms with Crippen molar-refractivity contribution in [1.29, 1.82) is 0 Å². The van der Waals surface area contributed by atoms with Crippen molar-refractivity contribution in [2.24, 2.45) is 0 Å². The summed E-state index contributed by atoms with van der Waals surface area (Å²) in [4.78, 5) is 0. The van der Waals surface area contributed by atoms with Crippen LogP contribution in [0.2, 0.25) is 0 Å². The van der Waals surface area contributed by atoms with Gasteiger partial charge in [0, 0.05) is 5.38 Å². The van der Waals surface area contributed by atoms with Gasteiger partial charge in [0.1, 0.15) is 0 Å². The van der Waals surface area contributed by atoms with Crippen molar-refractivity contribution in [1.82, 2.24) is 0 Å². The minimum Gasteiger partial charge on any atom is -0.119 e. The number of allylic oxidation sites excluding steroid dienone is 3. The number of hydrogen-bond donors (Lipinski definition) is 0. The molecule has 40 valence electrons. The molecule has 0 spiro atoms. The van der Waals surface area contributed by atoms with Gasteiger partial charge in [0.05, 0.1) is 0 Å². The van der Waals surface area contributed by atoms with Crippen molar-refractivity contribution >= 4 is 11.6 Å². The van der Waals surface area contributed by atoms with Crippen LogP contribution in [-0.4, -0.2) is 5.38 Å². The lowest BCUT2D eigenvalue weighted by Gasteiger charge is -1.84. The molecule has 7 heavy (non-hydrogen) atoms. The SMILES string of the molecule is C=C/C=C\C(C)Cl. The number of halogens is 1. The van der Waals surface area contributed by atoms with E-state index in [2.05, 4.69) is 6.58 Å². The van der Waals surface area contributed by atoms with Crippen LogP contribution < -0.4 is 0 Å². The standard InChI is InChI=1S/C6H9Cl/c1-3-4-5-6(2)7/h3-6H,1H2,2H3/b5-4-. The van der Waals surface area contributed by atoms with Crippen LogP contribution in [0.3, 0.4) is 0 Å². The average Bonchev–Trinajstić information content (AvgIpc) is 1.61. The summed E-state index contributed by atoms with van der Waals surface area (Å²) in [7, 11) is 0.